The Morgan fingerprint density at radius 3 is 2.05 bits per heavy atom. The van der Waals surface area contributed by atoms with E-state index in [0.29, 0.717) is 6.42 Å². The van der Waals surface area contributed by atoms with Crippen LogP contribution in [0.2, 0.25) is 0 Å². The number of carboxylic acid groups (broad SMARTS) is 1. The van der Waals surface area contributed by atoms with Crippen molar-refractivity contribution in [2.45, 2.75) is 135 Å². The molecule has 1 aliphatic rings. The number of aliphatic carboxylic acids is 1. The van der Waals surface area contributed by atoms with E-state index in [4.69, 9.17) is 9.47 Å². The van der Waals surface area contributed by atoms with Crippen molar-refractivity contribution in [1.82, 2.24) is 0 Å². The highest BCUT2D eigenvalue weighted by molar-refractivity contribution is 5.92. The van der Waals surface area contributed by atoms with Crippen LogP contribution in [0.3, 0.4) is 0 Å². The lowest BCUT2D eigenvalue weighted by Gasteiger charge is -2.32. The van der Waals surface area contributed by atoms with Crippen LogP contribution in [-0.4, -0.2) is 29.1 Å². The van der Waals surface area contributed by atoms with E-state index in [-0.39, 0.29) is 23.7 Å². The van der Waals surface area contributed by atoms with Crippen LogP contribution in [0, 0.1) is 5.92 Å². The summed E-state index contributed by atoms with van der Waals surface area (Å²) in [6.07, 6.45) is 19.4. The number of hydrogen-bond acceptors (Lipinski definition) is 5. The van der Waals surface area contributed by atoms with Crippen molar-refractivity contribution in [3.05, 3.63) is 59.4 Å². The number of esters is 2. The van der Waals surface area contributed by atoms with Gasteiger partial charge >= 0.3 is 17.9 Å². The lowest BCUT2D eigenvalue weighted by atomic mass is 9.83. The molecule has 3 atom stereocenters. The molecule has 0 saturated carbocycles. The first-order chi connectivity index (χ1) is 20.2. The topological polar surface area (TPSA) is 89.9 Å². The van der Waals surface area contributed by atoms with Crippen LogP contribution in [0.15, 0.2) is 48.3 Å². The van der Waals surface area contributed by atoms with Gasteiger partial charge in [-0.2, -0.15) is 0 Å². The van der Waals surface area contributed by atoms with E-state index in [1.54, 1.807) is 24.3 Å². The van der Waals surface area contributed by atoms with Crippen molar-refractivity contribution in [2.24, 2.45) is 5.92 Å². The van der Waals surface area contributed by atoms with Gasteiger partial charge in [-0.3, -0.25) is 9.59 Å². The predicted molar refractivity (Wildman–Crippen MR) is 164 cm³/mol. The zero-order chi connectivity index (χ0) is 30.8. The normalized spacial score (nSPS) is 18.8. The third kappa shape index (κ3) is 11.7. The number of hydrogen-bond donors (Lipinski definition) is 1. The first-order valence-corrected chi connectivity index (χ1v) is 16.1. The molecule has 2 rings (SSSR count). The molecule has 7 heteroatoms. The molecule has 3 unspecified atom stereocenters. The zero-order valence-electron chi connectivity index (χ0n) is 25.9. The second-order valence-corrected chi connectivity index (χ2v) is 11.5. The van der Waals surface area contributed by atoms with Crippen molar-refractivity contribution in [3.63, 3.8) is 0 Å². The van der Waals surface area contributed by atoms with Crippen LogP contribution in [0.4, 0.5) is 4.39 Å². The van der Waals surface area contributed by atoms with Crippen molar-refractivity contribution < 1.29 is 33.4 Å². The molecule has 6 nitrogen and oxygen atoms in total. The van der Waals surface area contributed by atoms with Gasteiger partial charge in [0.1, 0.15) is 11.7 Å². The van der Waals surface area contributed by atoms with Crippen LogP contribution in [0.5, 0.6) is 0 Å². The van der Waals surface area contributed by atoms with Gasteiger partial charge in [-0.15, -0.1) is 0 Å². The number of unbranched alkanes of at least 4 members (excludes halogenated alkanes) is 12. The standard InChI is InChI=1S/C35H51FO6/c1-4-6-8-10-12-13-15-17-23-32(37)42-35(25-24-29(33(38)39)31(36)26-35)30-22-19-18-21-28(30)34(40)41-27(3)20-16-14-11-9-7-5-2/h18-19,21-22,24-27,29H,4-17,20,23H2,1-3H3,(H,38,39). The molecular weight excluding hydrogens is 535 g/mol. The predicted octanol–water partition coefficient (Wildman–Crippen LogP) is 9.38. The van der Waals surface area contributed by atoms with E-state index in [0.717, 1.165) is 51.0 Å². The number of rotatable bonds is 21. The van der Waals surface area contributed by atoms with Crippen LogP contribution >= 0.6 is 0 Å². The molecule has 0 fully saturated rings. The second-order valence-electron chi connectivity index (χ2n) is 11.5. The smallest absolute Gasteiger partial charge is 0.338 e. The Hall–Kier alpha value is -2.96. The number of benzene rings is 1. The van der Waals surface area contributed by atoms with Crippen LogP contribution < -0.4 is 0 Å². The molecule has 1 aromatic rings. The summed E-state index contributed by atoms with van der Waals surface area (Å²) in [5.74, 6) is -4.92. The fourth-order valence-corrected chi connectivity index (χ4v) is 5.32. The summed E-state index contributed by atoms with van der Waals surface area (Å²) in [6.45, 7) is 6.21. The first-order valence-electron chi connectivity index (χ1n) is 16.1. The van der Waals surface area contributed by atoms with E-state index in [1.165, 1.54) is 57.1 Å². The summed E-state index contributed by atoms with van der Waals surface area (Å²) in [7, 11) is 0. The number of ether oxygens (including phenoxy) is 2. The van der Waals surface area contributed by atoms with Gasteiger partial charge in [0.2, 0.25) is 0 Å². The molecule has 0 radical (unpaired) electrons. The summed E-state index contributed by atoms with van der Waals surface area (Å²) < 4.78 is 26.8. The Morgan fingerprint density at radius 1 is 0.881 bits per heavy atom. The summed E-state index contributed by atoms with van der Waals surface area (Å²) in [5, 5.41) is 9.43. The highest BCUT2D eigenvalue weighted by atomic mass is 19.1. The molecule has 42 heavy (non-hydrogen) atoms. The first kappa shape index (κ1) is 35.2. The molecule has 1 aromatic carbocycles. The largest absolute Gasteiger partial charge is 0.480 e. The molecular formula is C35H51FO6. The maximum absolute atomic E-state index is 15.1. The average molecular weight is 587 g/mol. The Balaban J connectivity index is 2.14. The Bertz CT molecular complexity index is 1050. The van der Waals surface area contributed by atoms with Gasteiger partial charge in [0.05, 0.1) is 11.7 Å². The Labute approximate surface area is 251 Å². The number of carboxylic acids is 1. The number of carbonyl (C=O) groups is 3. The number of carbonyl (C=O) groups excluding carboxylic acids is 2. The third-order valence-electron chi connectivity index (χ3n) is 7.81. The molecule has 0 aliphatic heterocycles. The van der Waals surface area contributed by atoms with Gasteiger partial charge < -0.3 is 14.6 Å². The zero-order valence-corrected chi connectivity index (χ0v) is 25.9. The molecule has 0 heterocycles. The van der Waals surface area contributed by atoms with Gasteiger partial charge in [0.25, 0.3) is 0 Å². The quantitative estimate of drug-likeness (QED) is 0.0877. The van der Waals surface area contributed by atoms with Gasteiger partial charge in [0.15, 0.2) is 5.60 Å². The molecule has 0 amide bonds. The minimum atomic E-state index is -1.76. The number of halogens is 1. The molecule has 0 spiro atoms. The fraction of sp³-hybridized carbons (Fsp3) is 0.629. The van der Waals surface area contributed by atoms with Crippen molar-refractivity contribution in [2.75, 3.05) is 0 Å². The maximum atomic E-state index is 15.1. The minimum Gasteiger partial charge on any atom is -0.480 e. The van der Waals surface area contributed by atoms with Gasteiger partial charge in [0, 0.05) is 18.1 Å². The monoisotopic (exact) mass is 586 g/mol. The van der Waals surface area contributed by atoms with E-state index < -0.39 is 35.3 Å². The van der Waals surface area contributed by atoms with Crippen molar-refractivity contribution >= 4 is 17.9 Å². The third-order valence-corrected chi connectivity index (χ3v) is 7.81. The molecule has 1 aliphatic carbocycles. The van der Waals surface area contributed by atoms with Crippen LogP contribution in [0.25, 0.3) is 0 Å². The van der Waals surface area contributed by atoms with E-state index in [1.807, 2.05) is 6.92 Å². The van der Waals surface area contributed by atoms with Gasteiger partial charge in [-0.05, 0) is 38.3 Å². The molecule has 0 saturated heterocycles. The maximum Gasteiger partial charge on any atom is 0.338 e. The molecule has 0 bridgehead atoms. The summed E-state index contributed by atoms with van der Waals surface area (Å²) in [4.78, 5) is 37.9. The lowest BCUT2D eigenvalue weighted by Crippen LogP contribution is -2.34. The second kappa shape index (κ2) is 19.3. The van der Waals surface area contributed by atoms with E-state index >= 15 is 4.39 Å². The summed E-state index contributed by atoms with van der Waals surface area (Å²) >= 11 is 0. The highest BCUT2D eigenvalue weighted by Crippen LogP contribution is 2.39. The Morgan fingerprint density at radius 2 is 1.45 bits per heavy atom. The summed E-state index contributed by atoms with van der Waals surface area (Å²) in [5.41, 5.74) is -1.37. The van der Waals surface area contributed by atoms with E-state index in [2.05, 4.69) is 13.8 Å². The minimum absolute atomic E-state index is 0.143. The fourth-order valence-electron chi connectivity index (χ4n) is 5.32. The lowest BCUT2D eigenvalue weighted by molar-refractivity contribution is -0.152. The molecule has 234 valence electrons. The van der Waals surface area contributed by atoms with Crippen LogP contribution in [0.1, 0.15) is 139 Å². The van der Waals surface area contributed by atoms with Gasteiger partial charge in [-0.25, -0.2) is 9.18 Å². The highest BCUT2D eigenvalue weighted by Gasteiger charge is 2.41. The molecule has 0 aromatic heterocycles. The summed E-state index contributed by atoms with van der Waals surface area (Å²) in [6, 6.07) is 6.49. The van der Waals surface area contributed by atoms with Crippen molar-refractivity contribution in [3.8, 4) is 0 Å². The molecule has 1 N–H and O–H groups in total. The van der Waals surface area contributed by atoms with Crippen molar-refractivity contribution in [1.29, 1.82) is 0 Å². The average Bonchev–Trinajstić information content (AvgIpc) is 2.96. The SMILES string of the molecule is CCCCCCCCCCC(=O)OC1(c2ccccc2C(=O)OC(C)CCCCCCCC)C=CC(C(=O)O)C(F)=C1. The van der Waals surface area contributed by atoms with Crippen LogP contribution in [-0.2, 0) is 24.7 Å². The van der Waals surface area contributed by atoms with E-state index in [9.17, 15) is 19.5 Å². The Kier molecular flexibility index (Phi) is 16.2. The van der Waals surface area contributed by atoms with Gasteiger partial charge in [-0.1, -0.05) is 115 Å².